The van der Waals surface area contributed by atoms with Crippen LogP contribution in [0.5, 0.6) is 0 Å². The molecule has 2 aromatic heterocycles. The van der Waals surface area contributed by atoms with Crippen LogP contribution in [0.2, 0.25) is 0 Å². The first-order valence-electron chi connectivity index (χ1n) is 5.86. The normalized spacial score (nSPS) is 16.4. The number of fused-ring (bicyclic) bond motifs is 1. The molecule has 2 rings (SSSR count). The SMILES string of the molecule is C=CC[C@](C)(O)[C@@H](C)n1nc2ccccn2c1=O. The summed E-state index contributed by atoms with van der Waals surface area (Å²) in [7, 11) is 0. The van der Waals surface area contributed by atoms with Crippen molar-refractivity contribution in [2.24, 2.45) is 0 Å². The van der Waals surface area contributed by atoms with E-state index in [4.69, 9.17) is 0 Å². The lowest BCUT2D eigenvalue weighted by atomic mass is 9.94. The Morgan fingerprint density at radius 3 is 2.94 bits per heavy atom. The van der Waals surface area contributed by atoms with Crippen molar-refractivity contribution in [2.75, 3.05) is 0 Å². The van der Waals surface area contributed by atoms with Gasteiger partial charge < -0.3 is 5.11 Å². The van der Waals surface area contributed by atoms with Gasteiger partial charge in [0.1, 0.15) is 0 Å². The van der Waals surface area contributed by atoms with Crippen LogP contribution in [0.4, 0.5) is 0 Å². The highest BCUT2D eigenvalue weighted by Gasteiger charge is 2.30. The number of hydrogen-bond acceptors (Lipinski definition) is 3. The summed E-state index contributed by atoms with van der Waals surface area (Å²) in [5.74, 6) is 0. The Hall–Kier alpha value is -1.88. The van der Waals surface area contributed by atoms with Crippen LogP contribution in [-0.2, 0) is 0 Å². The third kappa shape index (κ3) is 1.97. The highest BCUT2D eigenvalue weighted by atomic mass is 16.3. The molecule has 5 nitrogen and oxygen atoms in total. The fourth-order valence-electron chi connectivity index (χ4n) is 1.92. The molecule has 18 heavy (non-hydrogen) atoms. The van der Waals surface area contributed by atoms with E-state index in [1.165, 1.54) is 9.08 Å². The highest BCUT2D eigenvalue weighted by Crippen LogP contribution is 2.24. The third-order valence-electron chi connectivity index (χ3n) is 3.28. The Bertz CT molecular complexity index is 624. The molecule has 0 spiro atoms. The molecule has 2 heterocycles. The average Bonchev–Trinajstić information content (AvgIpc) is 2.66. The predicted octanol–water partition coefficient (Wildman–Crippen LogP) is 1.38. The largest absolute Gasteiger partial charge is 0.388 e. The summed E-state index contributed by atoms with van der Waals surface area (Å²) in [5.41, 5.74) is -0.727. The smallest absolute Gasteiger partial charge is 0.350 e. The minimum Gasteiger partial charge on any atom is -0.388 e. The van der Waals surface area contributed by atoms with Gasteiger partial charge in [-0.1, -0.05) is 12.1 Å². The lowest BCUT2D eigenvalue weighted by molar-refractivity contribution is 0.00909. The van der Waals surface area contributed by atoms with E-state index in [0.717, 1.165) is 0 Å². The number of hydrogen-bond donors (Lipinski definition) is 1. The maximum Gasteiger partial charge on any atom is 0.350 e. The van der Waals surface area contributed by atoms with Crippen LogP contribution >= 0.6 is 0 Å². The molecule has 2 atom stereocenters. The van der Waals surface area contributed by atoms with E-state index in [-0.39, 0.29) is 5.69 Å². The van der Waals surface area contributed by atoms with Gasteiger partial charge in [0.2, 0.25) is 0 Å². The Balaban J connectivity index is 2.51. The van der Waals surface area contributed by atoms with Gasteiger partial charge in [-0.2, -0.15) is 0 Å². The summed E-state index contributed by atoms with van der Waals surface area (Å²) in [6.45, 7) is 7.07. The van der Waals surface area contributed by atoms with Crippen LogP contribution < -0.4 is 5.69 Å². The van der Waals surface area contributed by atoms with Gasteiger partial charge in [-0.3, -0.25) is 4.40 Å². The molecule has 96 valence electrons. The van der Waals surface area contributed by atoms with E-state index in [1.54, 1.807) is 38.3 Å². The lowest BCUT2D eigenvalue weighted by Gasteiger charge is -2.28. The van der Waals surface area contributed by atoms with Crippen molar-refractivity contribution >= 4 is 5.65 Å². The highest BCUT2D eigenvalue weighted by molar-refractivity contribution is 5.35. The number of aromatic nitrogens is 3. The zero-order chi connectivity index (χ0) is 13.3. The number of pyridine rings is 1. The molecule has 5 heteroatoms. The number of nitrogens with zero attached hydrogens (tertiary/aromatic N) is 3. The molecule has 1 N–H and O–H groups in total. The molecule has 0 aliphatic heterocycles. The van der Waals surface area contributed by atoms with Crippen LogP contribution in [0, 0.1) is 0 Å². The van der Waals surface area contributed by atoms with Crippen LogP contribution in [0.15, 0.2) is 41.8 Å². The first-order valence-corrected chi connectivity index (χ1v) is 5.86. The summed E-state index contributed by atoms with van der Waals surface area (Å²) in [5, 5.41) is 14.5. The summed E-state index contributed by atoms with van der Waals surface area (Å²) in [4.78, 5) is 12.1. The quantitative estimate of drug-likeness (QED) is 0.830. The topological polar surface area (TPSA) is 59.5 Å². The van der Waals surface area contributed by atoms with Gasteiger partial charge in [0.15, 0.2) is 5.65 Å². The zero-order valence-corrected chi connectivity index (χ0v) is 10.6. The van der Waals surface area contributed by atoms with Crippen LogP contribution in [0.25, 0.3) is 5.65 Å². The minimum atomic E-state index is -1.05. The summed E-state index contributed by atoms with van der Waals surface area (Å²) in [6.07, 6.45) is 3.70. The van der Waals surface area contributed by atoms with Crippen molar-refractivity contribution in [3.05, 3.63) is 47.5 Å². The van der Waals surface area contributed by atoms with Crippen molar-refractivity contribution in [2.45, 2.75) is 31.9 Å². The second-order valence-electron chi connectivity index (χ2n) is 4.68. The van der Waals surface area contributed by atoms with Gasteiger partial charge in [0.25, 0.3) is 0 Å². The Morgan fingerprint density at radius 2 is 2.33 bits per heavy atom. The van der Waals surface area contributed by atoms with Crippen LogP contribution in [-0.4, -0.2) is 24.9 Å². The van der Waals surface area contributed by atoms with E-state index in [2.05, 4.69) is 11.7 Å². The predicted molar refractivity (Wildman–Crippen MR) is 69.6 cm³/mol. The maximum absolute atomic E-state index is 12.1. The molecule has 0 bridgehead atoms. The molecule has 2 aromatic rings. The molecule has 0 saturated heterocycles. The Morgan fingerprint density at radius 1 is 1.61 bits per heavy atom. The fraction of sp³-hybridized carbons (Fsp3) is 0.385. The van der Waals surface area contributed by atoms with Gasteiger partial charge in [0.05, 0.1) is 11.6 Å². The first-order chi connectivity index (χ1) is 8.47. The second-order valence-corrected chi connectivity index (χ2v) is 4.68. The lowest BCUT2D eigenvalue weighted by Crippen LogP contribution is -2.39. The van der Waals surface area contributed by atoms with Crippen LogP contribution in [0.3, 0.4) is 0 Å². The molecule has 0 unspecified atom stereocenters. The van der Waals surface area contributed by atoms with E-state index in [1.807, 2.05) is 6.07 Å². The molecule has 0 aromatic carbocycles. The standard InChI is InChI=1S/C13H17N3O2/c1-4-8-13(3,18)10(2)16-12(17)15-9-6-5-7-11(15)14-16/h4-7,9-10,18H,1,8H2,2-3H3/t10-,13+/m1/s1. The third-order valence-corrected chi connectivity index (χ3v) is 3.28. The summed E-state index contributed by atoms with van der Waals surface area (Å²) in [6, 6.07) is 4.92. The second kappa shape index (κ2) is 4.42. The van der Waals surface area contributed by atoms with E-state index in [0.29, 0.717) is 12.1 Å². The van der Waals surface area contributed by atoms with Crippen molar-refractivity contribution in [3.8, 4) is 0 Å². The molecule has 0 saturated carbocycles. The van der Waals surface area contributed by atoms with Gasteiger partial charge in [0, 0.05) is 6.20 Å². The Kier molecular flexibility index (Phi) is 3.09. The van der Waals surface area contributed by atoms with E-state index < -0.39 is 11.6 Å². The molecule has 0 amide bonds. The number of rotatable bonds is 4. The summed E-state index contributed by atoms with van der Waals surface area (Å²) < 4.78 is 2.78. The molecule has 0 aliphatic carbocycles. The summed E-state index contributed by atoms with van der Waals surface area (Å²) >= 11 is 0. The van der Waals surface area contributed by atoms with E-state index in [9.17, 15) is 9.90 Å². The first kappa shape index (κ1) is 12.6. The minimum absolute atomic E-state index is 0.248. The van der Waals surface area contributed by atoms with Crippen molar-refractivity contribution in [1.82, 2.24) is 14.2 Å². The van der Waals surface area contributed by atoms with E-state index >= 15 is 0 Å². The Labute approximate surface area is 105 Å². The van der Waals surface area contributed by atoms with Gasteiger partial charge in [-0.15, -0.1) is 11.7 Å². The van der Waals surface area contributed by atoms with Gasteiger partial charge >= 0.3 is 5.69 Å². The van der Waals surface area contributed by atoms with Crippen LogP contribution in [0.1, 0.15) is 26.3 Å². The fourth-order valence-corrected chi connectivity index (χ4v) is 1.92. The van der Waals surface area contributed by atoms with Gasteiger partial charge in [-0.25, -0.2) is 9.48 Å². The van der Waals surface area contributed by atoms with Crippen molar-refractivity contribution < 1.29 is 5.11 Å². The van der Waals surface area contributed by atoms with Crippen molar-refractivity contribution in [3.63, 3.8) is 0 Å². The average molecular weight is 247 g/mol. The van der Waals surface area contributed by atoms with Gasteiger partial charge in [-0.05, 0) is 32.4 Å². The monoisotopic (exact) mass is 247 g/mol. The maximum atomic E-state index is 12.1. The molecular formula is C13H17N3O2. The molecule has 0 fully saturated rings. The number of aliphatic hydroxyl groups is 1. The molecular weight excluding hydrogens is 230 g/mol. The zero-order valence-electron chi connectivity index (χ0n) is 10.6. The molecule has 0 aliphatic rings. The molecule has 0 radical (unpaired) electrons. The van der Waals surface area contributed by atoms with Crippen molar-refractivity contribution in [1.29, 1.82) is 0 Å².